The summed E-state index contributed by atoms with van der Waals surface area (Å²) in [6, 6.07) is 7.16. The van der Waals surface area contributed by atoms with Crippen LogP contribution in [0.4, 0.5) is 0 Å². The maximum absolute atomic E-state index is 11.8. The fourth-order valence-electron chi connectivity index (χ4n) is 1.40. The number of rotatable bonds is 5. The number of nitrogens with one attached hydrogen (secondary N) is 1. The largest absolute Gasteiger partial charge is 0.481 e. The highest BCUT2D eigenvalue weighted by Crippen LogP contribution is 2.19. The van der Waals surface area contributed by atoms with Gasteiger partial charge in [0.2, 0.25) is 0 Å². The summed E-state index contributed by atoms with van der Waals surface area (Å²) >= 11 is 5.85. The summed E-state index contributed by atoms with van der Waals surface area (Å²) in [6.45, 7) is 5.75. The molecule has 0 saturated heterocycles. The van der Waals surface area contributed by atoms with E-state index in [4.69, 9.17) is 16.3 Å². The summed E-state index contributed by atoms with van der Waals surface area (Å²) in [5, 5.41) is 3.43. The Morgan fingerprint density at radius 1 is 1.47 bits per heavy atom. The van der Waals surface area contributed by atoms with Crippen LogP contribution in [-0.2, 0) is 4.79 Å². The molecule has 0 unspecified atom stereocenters. The number of carbonyl (C=O) groups is 1. The maximum Gasteiger partial charge on any atom is 0.261 e. The van der Waals surface area contributed by atoms with Gasteiger partial charge in [-0.15, -0.1) is 0 Å². The molecule has 1 rings (SSSR count). The van der Waals surface area contributed by atoms with Gasteiger partial charge in [0, 0.05) is 11.1 Å². The van der Waals surface area contributed by atoms with E-state index in [-0.39, 0.29) is 11.9 Å². The van der Waals surface area contributed by atoms with Gasteiger partial charge in [0.05, 0.1) is 0 Å². The molecule has 1 aromatic rings. The fraction of sp³-hybridized carbons (Fsp3) is 0.462. The van der Waals surface area contributed by atoms with E-state index in [0.717, 1.165) is 0 Å². The monoisotopic (exact) mass is 255 g/mol. The molecule has 0 aromatic heterocycles. The van der Waals surface area contributed by atoms with Gasteiger partial charge in [-0.05, 0) is 38.5 Å². The molecule has 4 heteroatoms. The number of benzene rings is 1. The summed E-state index contributed by atoms with van der Waals surface area (Å²) < 4.78 is 5.61. The third-order valence-electron chi connectivity index (χ3n) is 2.17. The van der Waals surface area contributed by atoms with Gasteiger partial charge in [-0.1, -0.05) is 24.6 Å². The van der Waals surface area contributed by atoms with Gasteiger partial charge < -0.3 is 10.1 Å². The Morgan fingerprint density at radius 2 is 2.18 bits per heavy atom. The van der Waals surface area contributed by atoms with Crippen molar-refractivity contribution in [2.75, 3.05) is 0 Å². The standard InChI is InChI=1S/C13H18ClNO2/c1-4-12(13(16)15-9(2)3)17-11-7-5-6-10(14)8-11/h5-9,12H,4H2,1-3H3,(H,15,16)/t12-/m1/s1. The minimum Gasteiger partial charge on any atom is -0.481 e. The quantitative estimate of drug-likeness (QED) is 0.878. The van der Waals surface area contributed by atoms with E-state index in [2.05, 4.69) is 5.32 Å². The lowest BCUT2D eigenvalue weighted by atomic mass is 10.2. The minimum absolute atomic E-state index is 0.0949. The number of ether oxygens (including phenoxy) is 1. The van der Waals surface area contributed by atoms with Crippen LogP contribution in [-0.4, -0.2) is 18.1 Å². The van der Waals surface area contributed by atoms with Crippen LogP contribution in [0.2, 0.25) is 5.02 Å². The zero-order chi connectivity index (χ0) is 12.8. The molecule has 0 bridgehead atoms. The normalized spacial score (nSPS) is 12.3. The molecule has 17 heavy (non-hydrogen) atoms. The maximum atomic E-state index is 11.8. The van der Waals surface area contributed by atoms with Crippen LogP contribution in [0.1, 0.15) is 27.2 Å². The number of carbonyl (C=O) groups excluding carboxylic acids is 1. The zero-order valence-electron chi connectivity index (χ0n) is 10.4. The van der Waals surface area contributed by atoms with Crippen molar-refractivity contribution < 1.29 is 9.53 Å². The molecule has 3 nitrogen and oxygen atoms in total. The Morgan fingerprint density at radius 3 is 2.71 bits per heavy atom. The summed E-state index contributed by atoms with van der Waals surface area (Å²) in [6.07, 6.45) is 0.140. The van der Waals surface area contributed by atoms with Crippen LogP contribution in [0.5, 0.6) is 5.75 Å². The summed E-state index contributed by atoms with van der Waals surface area (Å²) in [5.41, 5.74) is 0. The van der Waals surface area contributed by atoms with Crippen LogP contribution in [0, 0.1) is 0 Å². The molecule has 0 spiro atoms. The predicted octanol–water partition coefficient (Wildman–Crippen LogP) is 3.02. The lowest BCUT2D eigenvalue weighted by Crippen LogP contribution is -2.41. The van der Waals surface area contributed by atoms with Crippen LogP contribution < -0.4 is 10.1 Å². The Hall–Kier alpha value is -1.22. The summed E-state index contributed by atoms with van der Waals surface area (Å²) in [4.78, 5) is 11.8. The fourth-order valence-corrected chi connectivity index (χ4v) is 1.58. The van der Waals surface area contributed by atoms with Crippen molar-refractivity contribution >= 4 is 17.5 Å². The molecule has 0 aliphatic rings. The van der Waals surface area contributed by atoms with Gasteiger partial charge in [0.1, 0.15) is 5.75 Å². The number of hydrogen-bond donors (Lipinski definition) is 1. The molecule has 1 amide bonds. The van der Waals surface area contributed by atoms with E-state index in [9.17, 15) is 4.79 Å². The van der Waals surface area contributed by atoms with Crippen LogP contribution in [0.15, 0.2) is 24.3 Å². The SMILES string of the molecule is CC[C@@H](Oc1cccc(Cl)c1)C(=O)NC(C)C. The average Bonchev–Trinajstić information content (AvgIpc) is 2.24. The van der Waals surface area contributed by atoms with Crippen molar-refractivity contribution in [3.63, 3.8) is 0 Å². The van der Waals surface area contributed by atoms with Crippen molar-refractivity contribution in [1.82, 2.24) is 5.32 Å². The highest BCUT2D eigenvalue weighted by Gasteiger charge is 2.18. The smallest absolute Gasteiger partial charge is 0.261 e. The molecular formula is C13H18ClNO2. The molecule has 0 fully saturated rings. The molecule has 1 N–H and O–H groups in total. The minimum atomic E-state index is -0.476. The van der Waals surface area contributed by atoms with E-state index in [1.54, 1.807) is 24.3 Å². The van der Waals surface area contributed by atoms with Crippen molar-refractivity contribution in [3.8, 4) is 5.75 Å². The number of hydrogen-bond acceptors (Lipinski definition) is 2. The lowest BCUT2D eigenvalue weighted by molar-refractivity contribution is -0.128. The van der Waals surface area contributed by atoms with Gasteiger partial charge in [-0.3, -0.25) is 4.79 Å². The molecule has 1 atom stereocenters. The average molecular weight is 256 g/mol. The Kier molecular flexibility index (Phi) is 5.29. The second kappa shape index (κ2) is 6.50. The first kappa shape index (κ1) is 13.8. The Balaban J connectivity index is 2.66. The van der Waals surface area contributed by atoms with Crippen molar-refractivity contribution in [3.05, 3.63) is 29.3 Å². The van der Waals surface area contributed by atoms with Crippen LogP contribution in [0.3, 0.4) is 0 Å². The topological polar surface area (TPSA) is 38.3 Å². The predicted molar refractivity (Wildman–Crippen MR) is 69.4 cm³/mol. The number of amides is 1. The van der Waals surface area contributed by atoms with Gasteiger partial charge >= 0.3 is 0 Å². The first-order valence-electron chi connectivity index (χ1n) is 5.75. The summed E-state index contributed by atoms with van der Waals surface area (Å²) in [5.74, 6) is 0.519. The van der Waals surface area contributed by atoms with Gasteiger partial charge in [-0.25, -0.2) is 0 Å². The Labute approximate surface area is 107 Å². The first-order chi connectivity index (χ1) is 8.02. The van der Waals surface area contributed by atoms with Gasteiger partial charge in [-0.2, -0.15) is 0 Å². The summed E-state index contributed by atoms with van der Waals surface area (Å²) in [7, 11) is 0. The molecule has 0 aliphatic heterocycles. The third kappa shape index (κ3) is 4.65. The molecule has 0 heterocycles. The highest BCUT2D eigenvalue weighted by atomic mass is 35.5. The highest BCUT2D eigenvalue weighted by molar-refractivity contribution is 6.30. The second-order valence-electron chi connectivity index (χ2n) is 4.14. The van der Waals surface area contributed by atoms with E-state index < -0.39 is 6.10 Å². The lowest BCUT2D eigenvalue weighted by Gasteiger charge is -2.18. The molecular weight excluding hydrogens is 238 g/mol. The second-order valence-corrected chi connectivity index (χ2v) is 4.57. The Bertz CT molecular complexity index is 379. The van der Waals surface area contributed by atoms with Crippen molar-refractivity contribution in [2.45, 2.75) is 39.3 Å². The zero-order valence-corrected chi connectivity index (χ0v) is 11.1. The van der Waals surface area contributed by atoms with E-state index >= 15 is 0 Å². The van der Waals surface area contributed by atoms with Crippen molar-refractivity contribution in [1.29, 1.82) is 0 Å². The van der Waals surface area contributed by atoms with Gasteiger partial charge in [0.25, 0.3) is 5.91 Å². The molecule has 0 saturated carbocycles. The van der Waals surface area contributed by atoms with Crippen LogP contribution >= 0.6 is 11.6 Å². The molecule has 0 aliphatic carbocycles. The van der Waals surface area contributed by atoms with E-state index in [0.29, 0.717) is 17.2 Å². The van der Waals surface area contributed by atoms with E-state index in [1.807, 2.05) is 20.8 Å². The molecule has 94 valence electrons. The first-order valence-corrected chi connectivity index (χ1v) is 6.13. The van der Waals surface area contributed by atoms with E-state index in [1.165, 1.54) is 0 Å². The number of halogens is 1. The van der Waals surface area contributed by atoms with Crippen LogP contribution in [0.25, 0.3) is 0 Å². The van der Waals surface area contributed by atoms with Gasteiger partial charge in [0.15, 0.2) is 6.10 Å². The van der Waals surface area contributed by atoms with Crippen molar-refractivity contribution in [2.24, 2.45) is 0 Å². The third-order valence-corrected chi connectivity index (χ3v) is 2.40. The molecule has 0 radical (unpaired) electrons. The molecule has 1 aromatic carbocycles.